The van der Waals surface area contributed by atoms with Gasteiger partial charge in [-0.25, -0.2) is 0 Å². The van der Waals surface area contributed by atoms with E-state index in [4.69, 9.17) is 11.1 Å². The number of alkyl halides is 3. The summed E-state index contributed by atoms with van der Waals surface area (Å²) < 4.78 is 39.5. The number of ketones is 1. The Morgan fingerprint density at radius 1 is 0.962 bits per heavy atom. The van der Waals surface area contributed by atoms with Gasteiger partial charge in [0.05, 0.1) is 11.3 Å². The minimum Gasteiger partial charge on any atom is -0.404 e. The van der Waals surface area contributed by atoms with Crippen LogP contribution in [0.3, 0.4) is 0 Å². The van der Waals surface area contributed by atoms with E-state index in [1.165, 1.54) is 18.3 Å². The van der Waals surface area contributed by atoms with Gasteiger partial charge in [0.1, 0.15) is 5.78 Å². The van der Waals surface area contributed by atoms with E-state index in [2.05, 4.69) is 29.2 Å². The number of allylic oxidation sites excluding steroid dienone is 9. The second-order valence-corrected chi connectivity index (χ2v) is 12.5. The number of nitrogens with zero attached hydrogens (tertiary/aromatic N) is 2. The molecule has 52 heavy (non-hydrogen) atoms. The zero-order valence-electron chi connectivity index (χ0n) is 32.3. The van der Waals surface area contributed by atoms with Crippen LogP contribution < -0.4 is 10.6 Å². The molecule has 0 bridgehead atoms. The number of carbonyl (C=O) groups is 1. The first-order chi connectivity index (χ1) is 25.0. The highest BCUT2D eigenvalue weighted by atomic mass is 32.2. The summed E-state index contributed by atoms with van der Waals surface area (Å²) >= 11 is 1.58. The van der Waals surface area contributed by atoms with Crippen LogP contribution in [0.4, 0.5) is 18.9 Å². The smallest absolute Gasteiger partial charge is 0.404 e. The molecule has 0 amide bonds. The van der Waals surface area contributed by atoms with Crippen molar-refractivity contribution in [1.82, 2.24) is 4.90 Å². The lowest BCUT2D eigenvalue weighted by Gasteiger charge is -2.36. The number of nitrogens with one attached hydrogen (secondary N) is 1. The number of carbonyl (C=O) groups excluding carboxylic acids is 1. The summed E-state index contributed by atoms with van der Waals surface area (Å²) in [5.74, 6) is 0.102. The van der Waals surface area contributed by atoms with E-state index in [-0.39, 0.29) is 12.2 Å². The number of nitrogens with two attached hydrogens (primary N) is 1. The normalized spacial score (nSPS) is 15.4. The third-order valence-corrected chi connectivity index (χ3v) is 8.78. The molecule has 284 valence electrons. The lowest BCUT2D eigenvalue weighted by Crippen LogP contribution is -2.46. The largest absolute Gasteiger partial charge is 0.416 e. The second kappa shape index (κ2) is 25.0. The molecule has 0 spiro atoms. The summed E-state index contributed by atoms with van der Waals surface area (Å²) in [6.45, 7) is 19.3. The number of thioether (sulfide) groups is 1. The maximum atomic E-state index is 13.2. The molecule has 5 nitrogen and oxygen atoms in total. The van der Waals surface area contributed by atoms with Crippen molar-refractivity contribution in [2.75, 3.05) is 31.1 Å². The Balaban J connectivity index is 0.00000214. The molecule has 2 aliphatic heterocycles. The topological polar surface area (TPSA) is 73.4 Å². The van der Waals surface area contributed by atoms with E-state index < -0.39 is 11.7 Å². The Kier molecular flexibility index (Phi) is 22.1. The number of anilines is 1. The van der Waals surface area contributed by atoms with Gasteiger partial charge in [-0.3, -0.25) is 9.69 Å². The van der Waals surface area contributed by atoms with E-state index in [9.17, 15) is 18.0 Å². The van der Waals surface area contributed by atoms with Crippen molar-refractivity contribution in [1.29, 1.82) is 5.41 Å². The first-order valence-corrected chi connectivity index (χ1v) is 19.2. The van der Waals surface area contributed by atoms with Crippen molar-refractivity contribution in [2.45, 2.75) is 87.4 Å². The van der Waals surface area contributed by atoms with Crippen molar-refractivity contribution < 1.29 is 18.0 Å². The van der Waals surface area contributed by atoms with Gasteiger partial charge in [-0.2, -0.15) is 13.2 Å². The Hall–Kier alpha value is -4.08. The molecule has 3 N–H and O–H groups in total. The standard InChI is InChI=1S/C37H41F3N4OS.3C2H6/c1-27(25-41)21-28(2)35(14-13-33(45)24-34-11-3-4-20-46-34)36(42)15-12-29-7-5-8-30(22-29)26-43-16-18-44(19-17-43)32-10-6-9-31(23-32)37(38,39)40;3*1-2/h4-12,14-15,20-23,25,42H,3,13,16-19,24,26,41H2,1-2H3;3*1-2H3/b15-12+,27-25+,28-21-,35-14+,42-36?;;;. The molecule has 0 radical (unpaired) electrons. The van der Waals surface area contributed by atoms with Gasteiger partial charge in [0, 0.05) is 51.3 Å². The molecule has 0 aliphatic carbocycles. The van der Waals surface area contributed by atoms with Crippen LogP contribution in [0.5, 0.6) is 0 Å². The molecule has 2 aromatic carbocycles. The van der Waals surface area contributed by atoms with Crippen molar-refractivity contribution in [3.05, 3.63) is 129 Å². The van der Waals surface area contributed by atoms with Crippen molar-refractivity contribution >= 4 is 35.0 Å². The number of benzene rings is 2. The van der Waals surface area contributed by atoms with Crippen LogP contribution in [0.15, 0.2) is 112 Å². The molecule has 0 saturated carbocycles. The number of halogens is 3. The molecule has 4 rings (SSSR count). The third kappa shape index (κ3) is 16.1. The minimum atomic E-state index is -4.35. The molecule has 1 fully saturated rings. The average Bonchev–Trinajstić information content (AvgIpc) is 3.17. The highest BCUT2D eigenvalue weighted by Gasteiger charge is 2.31. The van der Waals surface area contributed by atoms with Gasteiger partial charge in [-0.15, -0.1) is 11.8 Å². The summed E-state index contributed by atoms with van der Waals surface area (Å²) in [6.07, 6.45) is 10.2. The maximum Gasteiger partial charge on any atom is 0.416 e. The van der Waals surface area contributed by atoms with E-state index in [1.54, 1.807) is 23.9 Å². The average molecular weight is 737 g/mol. The Bertz CT molecular complexity index is 1590. The summed E-state index contributed by atoms with van der Waals surface area (Å²) in [5.41, 5.74) is 10.4. The quantitative estimate of drug-likeness (QED) is 0.168. The molecule has 9 heteroatoms. The fourth-order valence-electron chi connectivity index (χ4n) is 5.35. The molecule has 1 saturated heterocycles. The summed E-state index contributed by atoms with van der Waals surface area (Å²) in [4.78, 5) is 18.1. The highest BCUT2D eigenvalue weighted by molar-refractivity contribution is 8.05. The van der Waals surface area contributed by atoms with Gasteiger partial charge >= 0.3 is 6.18 Å². The minimum absolute atomic E-state index is 0.102. The van der Waals surface area contributed by atoms with Crippen LogP contribution in [0.1, 0.15) is 91.3 Å². The van der Waals surface area contributed by atoms with Crippen LogP contribution in [0.25, 0.3) is 6.08 Å². The number of hydrogen-bond donors (Lipinski definition) is 2. The third-order valence-electron chi connectivity index (χ3n) is 7.84. The predicted octanol–water partition coefficient (Wildman–Crippen LogP) is 11.8. The molecule has 0 aromatic heterocycles. The Morgan fingerprint density at radius 2 is 1.63 bits per heavy atom. The first-order valence-electron chi connectivity index (χ1n) is 18.3. The molecule has 2 aliphatic rings. The Morgan fingerprint density at radius 3 is 2.25 bits per heavy atom. The lowest BCUT2D eigenvalue weighted by atomic mass is 9.97. The zero-order valence-corrected chi connectivity index (χ0v) is 33.1. The zero-order chi connectivity index (χ0) is 39.1. The van der Waals surface area contributed by atoms with E-state index >= 15 is 0 Å². The van der Waals surface area contributed by atoms with Gasteiger partial charge in [-0.1, -0.05) is 102 Å². The molecular formula is C43H59F3N4OS. The predicted molar refractivity (Wildman–Crippen MR) is 220 cm³/mol. The molecule has 2 aromatic rings. The van der Waals surface area contributed by atoms with Crippen molar-refractivity contribution in [3.8, 4) is 0 Å². The van der Waals surface area contributed by atoms with Crippen molar-refractivity contribution in [2.24, 2.45) is 5.73 Å². The van der Waals surface area contributed by atoms with Gasteiger partial charge in [0.25, 0.3) is 0 Å². The van der Waals surface area contributed by atoms with Crippen LogP contribution in [0.2, 0.25) is 0 Å². The van der Waals surface area contributed by atoms with Gasteiger partial charge in [0.2, 0.25) is 0 Å². The highest BCUT2D eigenvalue weighted by Crippen LogP contribution is 2.32. The molecule has 2 heterocycles. The SMILES string of the molecule is CC.CC.CC.CC(=C/C(C)=C/N)/C(=C\CC(=O)CC1=CCC=CS1)C(=N)/C=C/c1cccc(CN2CCN(c3cccc(C(F)(F)F)c3)CC2)c1. The van der Waals surface area contributed by atoms with Gasteiger partial charge in [-0.05, 0) is 88.9 Å². The van der Waals surface area contributed by atoms with Crippen LogP contribution >= 0.6 is 11.8 Å². The fourth-order valence-corrected chi connectivity index (χ4v) is 6.17. The number of piperazine rings is 1. The van der Waals surface area contributed by atoms with E-state index in [0.717, 1.165) is 59.3 Å². The molecule has 0 atom stereocenters. The van der Waals surface area contributed by atoms with Crippen LogP contribution in [-0.4, -0.2) is 42.6 Å². The second-order valence-electron chi connectivity index (χ2n) is 11.5. The van der Waals surface area contributed by atoms with Crippen LogP contribution in [-0.2, 0) is 17.5 Å². The fraction of sp³-hybridized carbons (Fsp3) is 0.395. The first kappa shape index (κ1) is 45.9. The Labute approximate surface area is 315 Å². The lowest BCUT2D eigenvalue weighted by molar-refractivity contribution is -0.137. The summed E-state index contributed by atoms with van der Waals surface area (Å²) in [5, 5.41) is 10.9. The summed E-state index contributed by atoms with van der Waals surface area (Å²) in [7, 11) is 0. The number of Topliss-reactive ketones (excluding diaryl/α,β-unsaturated/α-hetero) is 1. The van der Waals surface area contributed by atoms with Crippen molar-refractivity contribution in [3.63, 3.8) is 0 Å². The molecular weight excluding hydrogens is 678 g/mol. The van der Waals surface area contributed by atoms with E-state index in [1.807, 2.05) is 96.1 Å². The van der Waals surface area contributed by atoms with Gasteiger partial charge < -0.3 is 16.0 Å². The monoisotopic (exact) mass is 736 g/mol. The van der Waals surface area contributed by atoms with Crippen LogP contribution in [0, 0.1) is 5.41 Å². The number of rotatable bonds is 12. The maximum absolute atomic E-state index is 13.2. The molecule has 0 unspecified atom stereocenters. The van der Waals surface area contributed by atoms with E-state index in [0.29, 0.717) is 36.5 Å². The summed E-state index contributed by atoms with van der Waals surface area (Å²) in [6, 6.07) is 13.6. The number of hydrogen-bond acceptors (Lipinski definition) is 6. The van der Waals surface area contributed by atoms with Gasteiger partial charge in [0.15, 0.2) is 0 Å².